The number of hydrogen-bond donors (Lipinski definition) is 1. The standard InChI is InChI=1S/C24H21BrN4OS/c1-17-7-13-21(14-8-17)29-22(15-18-5-3-2-4-6-18)27-28-24(29)31-16-23(30)26-20-11-9-19(25)10-12-20/h2-14H,15-16H2,1H3,(H,26,30). The van der Waals surface area contributed by atoms with Crippen LogP contribution < -0.4 is 5.32 Å². The molecule has 0 aliphatic carbocycles. The fourth-order valence-corrected chi connectivity index (χ4v) is 4.14. The van der Waals surface area contributed by atoms with E-state index < -0.39 is 0 Å². The summed E-state index contributed by atoms with van der Waals surface area (Å²) in [4.78, 5) is 12.5. The normalized spacial score (nSPS) is 10.8. The molecule has 1 amide bonds. The maximum absolute atomic E-state index is 12.5. The van der Waals surface area contributed by atoms with Gasteiger partial charge in [-0.1, -0.05) is 75.7 Å². The molecule has 0 saturated heterocycles. The second-order valence-electron chi connectivity index (χ2n) is 7.08. The van der Waals surface area contributed by atoms with Gasteiger partial charge in [-0.25, -0.2) is 0 Å². The van der Waals surface area contributed by atoms with Crippen LogP contribution >= 0.6 is 27.7 Å². The number of amides is 1. The highest BCUT2D eigenvalue weighted by atomic mass is 79.9. The van der Waals surface area contributed by atoms with Crippen LogP contribution in [0.2, 0.25) is 0 Å². The largest absolute Gasteiger partial charge is 0.325 e. The Morgan fingerprint density at radius 2 is 1.68 bits per heavy atom. The Morgan fingerprint density at radius 3 is 2.39 bits per heavy atom. The van der Waals surface area contributed by atoms with Crippen LogP contribution in [-0.4, -0.2) is 26.4 Å². The minimum atomic E-state index is -0.0876. The van der Waals surface area contributed by atoms with Gasteiger partial charge in [-0.3, -0.25) is 9.36 Å². The Kier molecular flexibility index (Phi) is 6.84. The predicted molar refractivity (Wildman–Crippen MR) is 129 cm³/mol. The summed E-state index contributed by atoms with van der Waals surface area (Å²) in [6.07, 6.45) is 0.660. The summed E-state index contributed by atoms with van der Waals surface area (Å²) >= 11 is 4.77. The molecule has 0 unspecified atom stereocenters. The van der Waals surface area contributed by atoms with Crippen molar-refractivity contribution in [1.29, 1.82) is 0 Å². The molecule has 0 bridgehead atoms. The van der Waals surface area contributed by atoms with Crippen LogP contribution in [0.5, 0.6) is 0 Å². The van der Waals surface area contributed by atoms with E-state index in [1.54, 1.807) is 0 Å². The van der Waals surface area contributed by atoms with Crippen molar-refractivity contribution in [3.8, 4) is 5.69 Å². The highest BCUT2D eigenvalue weighted by molar-refractivity contribution is 9.10. The first-order valence-electron chi connectivity index (χ1n) is 9.82. The van der Waals surface area contributed by atoms with Crippen LogP contribution in [0.25, 0.3) is 5.69 Å². The van der Waals surface area contributed by atoms with Gasteiger partial charge in [0.2, 0.25) is 5.91 Å². The van der Waals surface area contributed by atoms with E-state index in [9.17, 15) is 4.79 Å². The van der Waals surface area contributed by atoms with Crippen molar-refractivity contribution in [2.45, 2.75) is 18.5 Å². The number of anilines is 1. The average Bonchev–Trinajstić information content (AvgIpc) is 3.17. The Morgan fingerprint density at radius 1 is 0.968 bits per heavy atom. The molecule has 7 heteroatoms. The van der Waals surface area contributed by atoms with Crippen molar-refractivity contribution >= 4 is 39.3 Å². The van der Waals surface area contributed by atoms with Crippen LogP contribution in [0.1, 0.15) is 17.0 Å². The summed E-state index contributed by atoms with van der Waals surface area (Å²) in [6, 6.07) is 25.9. The molecule has 0 aliphatic rings. The topological polar surface area (TPSA) is 59.8 Å². The molecule has 0 fully saturated rings. The number of nitrogens with one attached hydrogen (secondary N) is 1. The van der Waals surface area contributed by atoms with Crippen molar-refractivity contribution in [1.82, 2.24) is 14.8 Å². The fourth-order valence-electron chi connectivity index (χ4n) is 3.10. The smallest absolute Gasteiger partial charge is 0.234 e. The highest BCUT2D eigenvalue weighted by Crippen LogP contribution is 2.24. The number of carbonyl (C=O) groups is 1. The maximum Gasteiger partial charge on any atom is 0.234 e. The number of aryl methyl sites for hydroxylation is 1. The Hall–Kier alpha value is -2.90. The van der Waals surface area contributed by atoms with Crippen molar-refractivity contribution in [3.05, 3.63) is 100 Å². The van der Waals surface area contributed by atoms with Crippen LogP contribution in [0.15, 0.2) is 88.5 Å². The lowest BCUT2D eigenvalue weighted by Gasteiger charge is -2.11. The van der Waals surface area contributed by atoms with Crippen molar-refractivity contribution in [3.63, 3.8) is 0 Å². The number of aromatic nitrogens is 3. The lowest BCUT2D eigenvalue weighted by atomic mass is 10.1. The Labute approximate surface area is 194 Å². The maximum atomic E-state index is 12.5. The number of carbonyl (C=O) groups excluding carboxylic acids is 1. The molecule has 0 radical (unpaired) electrons. The van der Waals surface area contributed by atoms with Crippen LogP contribution in [-0.2, 0) is 11.2 Å². The molecule has 1 aromatic heterocycles. The van der Waals surface area contributed by atoms with Gasteiger partial charge in [0.1, 0.15) is 5.82 Å². The van der Waals surface area contributed by atoms with Gasteiger partial charge >= 0.3 is 0 Å². The van der Waals surface area contributed by atoms with Gasteiger partial charge < -0.3 is 5.32 Å². The summed E-state index contributed by atoms with van der Waals surface area (Å²) in [6.45, 7) is 2.06. The third-order valence-corrected chi connectivity index (χ3v) is 6.12. The quantitative estimate of drug-likeness (QED) is 0.338. The Balaban J connectivity index is 1.54. The fraction of sp³-hybridized carbons (Fsp3) is 0.125. The zero-order valence-corrected chi connectivity index (χ0v) is 19.4. The molecule has 0 aliphatic heterocycles. The molecule has 1 heterocycles. The van der Waals surface area contributed by atoms with Crippen LogP contribution in [0, 0.1) is 6.92 Å². The first kappa shape index (κ1) is 21.3. The lowest BCUT2D eigenvalue weighted by Crippen LogP contribution is -2.14. The SMILES string of the molecule is Cc1ccc(-n2c(Cc3ccccc3)nnc2SCC(=O)Nc2ccc(Br)cc2)cc1. The van der Waals surface area contributed by atoms with E-state index >= 15 is 0 Å². The van der Waals surface area contributed by atoms with Crippen molar-refractivity contribution in [2.24, 2.45) is 0 Å². The third kappa shape index (κ3) is 5.62. The lowest BCUT2D eigenvalue weighted by molar-refractivity contribution is -0.113. The number of halogens is 1. The summed E-state index contributed by atoms with van der Waals surface area (Å²) < 4.78 is 3.00. The first-order valence-corrected chi connectivity index (χ1v) is 11.6. The highest BCUT2D eigenvalue weighted by Gasteiger charge is 2.16. The van der Waals surface area contributed by atoms with Crippen molar-refractivity contribution < 1.29 is 4.79 Å². The molecule has 5 nitrogen and oxygen atoms in total. The summed E-state index contributed by atoms with van der Waals surface area (Å²) in [7, 11) is 0. The van der Waals surface area contributed by atoms with E-state index in [4.69, 9.17) is 0 Å². The molecule has 31 heavy (non-hydrogen) atoms. The van der Waals surface area contributed by atoms with Crippen molar-refractivity contribution in [2.75, 3.05) is 11.1 Å². The van der Waals surface area contributed by atoms with E-state index in [0.29, 0.717) is 11.6 Å². The number of rotatable bonds is 7. The van der Waals surface area contributed by atoms with Crippen LogP contribution in [0.3, 0.4) is 0 Å². The first-order chi connectivity index (χ1) is 15.1. The Bertz CT molecular complexity index is 1160. The summed E-state index contributed by atoms with van der Waals surface area (Å²) in [5, 5.41) is 12.4. The summed E-state index contributed by atoms with van der Waals surface area (Å²) in [5.74, 6) is 0.993. The molecule has 0 atom stereocenters. The minimum Gasteiger partial charge on any atom is -0.325 e. The number of hydrogen-bond acceptors (Lipinski definition) is 4. The molecule has 0 spiro atoms. The van der Waals surface area contributed by atoms with E-state index in [-0.39, 0.29) is 11.7 Å². The zero-order chi connectivity index (χ0) is 21.6. The molecule has 4 rings (SSSR count). The molecule has 1 N–H and O–H groups in total. The number of benzene rings is 3. The van der Waals surface area contributed by atoms with E-state index in [1.165, 1.54) is 17.3 Å². The van der Waals surface area contributed by atoms with Gasteiger partial charge in [-0.05, 0) is 48.9 Å². The molecule has 4 aromatic rings. The second-order valence-corrected chi connectivity index (χ2v) is 8.93. The molecular formula is C24H21BrN4OS. The average molecular weight is 493 g/mol. The van der Waals surface area contributed by atoms with Crippen LogP contribution in [0.4, 0.5) is 5.69 Å². The predicted octanol–water partition coefficient (Wildman–Crippen LogP) is 5.66. The second kappa shape index (κ2) is 9.94. The van der Waals surface area contributed by atoms with Gasteiger partial charge in [-0.15, -0.1) is 10.2 Å². The van der Waals surface area contributed by atoms with E-state index in [0.717, 1.165) is 27.2 Å². The zero-order valence-electron chi connectivity index (χ0n) is 17.0. The third-order valence-electron chi connectivity index (χ3n) is 4.66. The van der Waals surface area contributed by atoms with Gasteiger partial charge in [0, 0.05) is 22.3 Å². The molecule has 156 valence electrons. The van der Waals surface area contributed by atoms with Gasteiger partial charge in [0.05, 0.1) is 5.75 Å². The van der Waals surface area contributed by atoms with E-state index in [2.05, 4.69) is 74.8 Å². The van der Waals surface area contributed by atoms with Gasteiger partial charge in [0.25, 0.3) is 0 Å². The monoisotopic (exact) mass is 492 g/mol. The number of nitrogens with zero attached hydrogens (tertiary/aromatic N) is 3. The van der Waals surface area contributed by atoms with Gasteiger partial charge in [0.15, 0.2) is 5.16 Å². The van der Waals surface area contributed by atoms with E-state index in [1.807, 2.05) is 47.0 Å². The summed E-state index contributed by atoms with van der Waals surface area (Å²) in [5.41, 5.74) is 4.09. The molecular weight excluding hydrogens is 472 g/mol. The molecule has 0 saturated carbocycles. The molecule has 3 aromatic carbocycles. The number of thioether (sulfide) groups is 1. The minimum absolute atomic E-state index is 0.0876. The van der Waals surface area contributed by atoms with Gasteiger partial charge in [-0.2, -0.15) is 0 Å².